The Morgan fingerprint density at radius 3 is 2.89 bits per heavy atom. The van der Waals surface area contributed by atoms with Gasteiger partial charge >= 0.3 is 5.97 Å². The van der Waals surface area contributed by atoms with E-state index in [0.717, 1.165) is 0 Å². The normalized spacial score (nSPS) is 14.6. The third-order valence-electron chi connectivity index (χ3n) is 2.66. The maximum atomic E-state index is 11.0. The molecule has 0 aromatic heterocycles. The molecular formula is C12H12ClNO5. The van der Waals surface area contributed by atoms with Gasteiger partial charge in [-0.25, -0.2) is 4.79 Å². The molecule has 1 atom stereocenters. The van der Waals surface area contributed by atoms with Crippen LogP contribution in [0.4, 0.5) is 0 Å². The van der Waals surface area contributed by atoms with Crippen molar-refractivity contribution in [3.63, 3.8) is 0 Å². The zero-order chi connectivity index (χ0) is 13.8. The van der Waals surface area contributed by atoms with Gasteiger partial charge in [0.2, 0.25) is 6.41 Å². The van der Waals surface area contributed by atoms with Crippen LogP contribution in [0.15, 0.2) is 12.1 Å². The summed E-state index contributed by atoms with van der Waals surface area (Å²) in [5.41, 5.74) is 0.649. The van der Waals surface area contributed by atoms with E-state index in [1.165, 1.54) is 0 Å². The quantitative estimate of drug-likeness (QED) is 0.784. The van der Waals surface area contributed by atoms with E-state index >= 15 is 0 Å². The van der Waals surface area contributed by atoms with Gasteiger partial charge < -0.3 is 19.9 Å². The molecule has 0 fully saturated rings. The second-order valence-electron chi connectivity index (χ2n) is 3.98. The van der Waals surface area contributed by atoms with Gasteiger partial charge in [-0.2, -0.15) is 0 Å². The highest BCUT2D eigenvalue weighted by atomic mass is 35.5. The highest BCUT2D eigenvalue weighted by Gasteiger charge is 2.21. The molecular weight excluding hydrogens is 274 g/mol. The highest BCUT2D eigenvalue weighted by Crippen LogP contribution is 2.38. The van der Waals surface area contributed by atoms with Gasteiger partial charge in [-0.15, -0.1) is 0 Å². The van der Waals surface area contributed by atoms with Crippen molar-refractivity contribution in [2.75, 3.05) is 13.2 Å². The molecule has 2 N–H and O–H groups in total. The molecule has 6 nitrogen and oxygen atoms in total. The first-order valence-electron chi connectivity index (χ1n) is 5.62. The summed E-state index contributed by atoms with van der Waals surface area (Å²) in [5, 5.41) is 11.6. The van der Waals surface area contributed by atoms with Crippen LogP contribution in [-0.2, 0) is 16.0 Å². The van der Waals surface area contributed by atoms with Gasteiger partial charge in [-0.1, -0.05) is 11.6 Å². The molecule has 1 aromatic rings. The largest absolute Gasteiger partial charge is 0.486 e. The maximum Gasteiger partial charge on any atom is 0.326 e. The molecule has 1 aliphatic heterocycles. The van der Waals surface area contributed by atoms with Crippen LogP contribution in [0.3, 0.4) is 0 Å². The summed E-state index contributed by atoms with van der Waals surface area (Å²) in [7, 11) is 0. The smallest absolute Gasteiger partial charge is 0.326 e. The third kappa shape index (κ3) is 3.08. The fourth-order valence-electron chi connectivity index (χ4n) is 1.82. The van der Waals surface area contributed by atoms with E-state index in [1.54, 1.807) is 12.1 Å². The average Bonchev–Trinajstić information content (AvgIpc) is 2.38. The van der Waals surface area contributed by atoms with Crippen molar-refractivity contribution in [2.45, 2.75) is 12.5 Å². The van der Waals surface area contributed by atoms with Crippen LogP contribution in [0.25, 0.3) is 0 Å². The Morgan fingerprint density at radius 2 is 2.21 bits per heavy atom. The Bertz CT molecular complexity index is 505. The number of nitrogens with one attached hydrogen (secondary N) is 1. The number of hydrogen-bond donors (Lipinski definition) is 2. The number of benzene rings is 1. The Hall–Kier alpha value is -1.95. The maximum absolute atomic E-state index is 11.0. The van der Waals surface area contributed by atoms with Crippen LogP contribution in [0.1, 0.15) is 5.56 Å². The lowest BCUT2D eigenvalue weighted by atomic mass is 10.1. The Balaban J connectivity index is 2.23. The SMILES string of the molecule is O=CNC(Cc1cc(Cl)c2c(c1)OCCO2)C(=O)O. The van der Waals surface area contributed by atoms with Crippen LogP contribution in [0.2, 0.25) is 5.02 Å². The minimum absolute atomic E-state index is 0.116. The summed E-state index contributed by atoms with van der Waals surface area (Å²) in [4.78, 5) is 21.3. The lowest BCUT2D eigenvalue weighted by Gasteiger charge is -2.21. The zero-order valence-electron chi connectivity index (χ0n) is 9.89. The summed E-state index contributed by atoms with van der Waals surface area (Å²) in [5.74, 6) is -0.158. The minimum atomic E-state index is -1.11. The fourth-order valence-corrected chi connectivity index (χ4v) is 2.11. The minimum Gasteiger partial charge on any atom is -0.486 e. The van der Waals surface area contributed by atoms with E-state index in [1.807, 2.05) is 0 Å². The number of halogens is 1. The van der Waals surface area contributed by atoms with Crippen LogP contribution in [0.5, 0.6) is 11.5 Å². The van der Waals surface area contributed by atoms with Crippen LogP contribution in [-0.4, -0.2) is 36.7 Å². The number of carbonyl (C=O) groups excluding carboxylic acids is 1. The van der Waals surface area contributed by atoms with Crippen molar-refractivity contribution in [1.82, 2.24) is 5.32 Å². The van der Waals surface area contributed by atoms with Crippen molar-refractivity contribution in [2.24, 2.45) is 0 Å². The standard InChI is InChI=1S/C12H12ClNO5/c13-8-3-7(4-9(12(16)17)14-6-15)5-10-11(8)19-2-1-18-10/h3,5-6,9H,1-2,4H2,(H,14,15)(H,16,17). The van der Waals surface area contributed by atoms with Crippen LogP contribution < -0.4 is 14.8 Å². The third-order valence-corrected chi connectivity index (χ3v) is 2.94. The molecule has 1 aliphatic rings. The molecule has 1 amide bonds. The van der Waals surface area contributed by atoms with E-state index in [2.05, 4.69) is 5.32 Å². The van der Waals surface area contributed by atoms with E-state index in [4.69, 9.17) is 26.2 Å². The molecule has 0 bridgehead atoms. The molecule has 1 aromatic carbocycles. The molecule has 0 aliphatic carbocycles. The molecule has 1 heterocycles. The van der Waals surface area contributed by atoms with E-state index in [-0.39, 0.29) is 6.42 Å². The first kappa shape index (κ1) is 13.5. The summed E-state index contributed by atoms with van der Waals surface area (Å²) in [6, 6.07) is 2.27. The predicted octanol–water partition coefficient (Wildman–Crippen LogP) is 0.853. The fraction of sp³-hybridized carbons (Fsp3) is 0.333. The number of ether oxygens (including phenoxy) is 2. The van der Waals surface area contributed by atoms with E-state index < -0.39 is 12.0 Å². The van der Waals surface area contributed by atoms with Gasteiger partial charge in [0, 0.05) is 6.42 Å². The van der Waals surface area contributed by atoms with Crippen molar-refractivity contribution in [3.05, 3.63) is 22.7 Å². The number of amides is 1. The number of hydrogen-bond acceptors (Lipinski definition) is 4. The molecule has 19 heavy (non-hydrogen) atoms. The predicted molar refractivity (Wildman–Crippen MR) is 66.8 cm³/mol. The Kier molecular flexibility index (Phi) is 4.11. The van der Waals surface area contributed by atoms with E-state index in [9.17, 15) is 9.59 Å². The molecule has 102 valence electrons. The molecule has 2 rings (SSSR count). The number of fused-ring (bicyclic) bond motifs is 1. The Labute approximate surface area is 114 Å². The Morgan fingerprint density at radius 1 is 1.47 bits per heavy atom. The topological polar surface area (TPSA) is 84.9 Å². The van der Waals surface area contributed by atoms with Gasteiger partial charge in [-0.05, 0) is 17.7 Å². The van der Waals surface area contributed by atoms with Crippen molar-refractivity contribution >= 4 is 24.0 Å². The number of aliphatic carboxylic acids is 1. The number of rotatable bonds is 5. The van der Waals surface area contributed by atoms with Gasteiger partial charge in [0.1, 0.15) is 19.3 Å². The van der Waals surface area contributed by atoms with Gasteiger partial charge in [0.05, 0.1) is 5.02 Å². The summed E-state index contributed by atoms with van der Waals surface area (Å²) >= 11 is 6.05. The second kappa shape index (κ2) is 5.79. The molecule has 0 saturated heterocycles. The summed E-state index contributed by atoms with van der Waals surface area (Å²) < 4.78 is 10.8. The van der Waals surface area contributed by atoms with Crippen LogP contribution >= 0.6 is 11.6 Å². The lowest BCUT2D eigenvalue weighted by molar-refractivity contribution is -0.140. The summed E-state index contributed by atoms with van der Waals surface area (Å²) in [6.07, 6.45) is 0.475. The molecule has 7 heteroatoms. The number of carboxylic acids is 1. The molecule has 0 spiro atoms. The molecule has 0 saturated carbocycles. The average molecular weight is 286 g/mol. The van der Waals surface area contributed by atoms with Crippen molar-refractivity contribution in [1.29, 1.82) is 0 Å². The zero-order valence-corrected chi connectivity index (χ0v) is 10.6. The van der Waals surface area contributed by atoms with Crippen molar-refractivity contribution < 1.29 is 24.2 Å². The monoisotopic (exact) mass is 285 g/mol. The first-order valence-corrected chi connectivity index (χ1v) is 6.00. The van der Waals surface area contributed by atoms with Gasteiger partial charge in [0.25, 0.3) is 0 Å². The molecule has 1 unspecified atom stereocenters. The number of carboxylic acid groups (broad SMARTS) is 1. The highest BCUT2D eigenvalue weighted by molar-refractivity contribution is 6.32. The van der Waals surface area contributed by atoms with Gasteiger partial charge in [0.15, 0.2) is 11.5 Å². The van der Waals surface area contributed by atoms with Crippen LogP contribution in [0, 0.1) is 0 Å². The first-order chi connectivity index (χ1) is 9.11. The lowest BCUT2D eigenvalue weighted by Crippen LogP contribution is -2.37. The van der Waals surface area contributed by atoms with Gasteiger partial charge in [-0.3, -0.25) is 4.79 Å². The number of carbonyl (C=O) groups is 2. The molecule has 0 radical (unpaired) electrons. The second-order valence-corrected chi connectivity index (χ2v) is 4.39. The van der Waals surface area contributed by atoms with Crippen molar-refractivity contribution in [3.8, 4) is 11.5 Å². The summed E-state index contributed by atoms with van der Waals surface area (Å²) in [6.45, 7) is 0.845. The van der Waals surface area contributed by atoms with E-state index in [0.29, 0.717) is 41.7 Å².